The van der Waals surface area contributed by atoms with Crippen LogP contribution in [0.25, 0.3) is 6.08 Å². The first kappa shape index (κ1) is 42.5. The van der Waals surface area contributed by atoms with Gasteiger partial charge in [0, 0.05) is 29.4 Å². The van der Waals surface area contributed by atoms with E-state index in [0.29, 0.717) is 33.9 Å². The van der Waals surface area contributed by atoms with Crippen molar-refractivity contribution in [2.75, 3.05) is 16.1 Å². The number of fused-ring (bicyclic) bond motifs is 1. The van der Waals surface area contributed by atoms with E-state index in [9.17, 15) is 40.3 Å². The van der Waals surface area contributed by atoms with Crippen LogP contribution < -0.4 is 75.2 Å². The van der Waals surface area contributed by atoms with Crippen LogP contribution in [0.15, 0.2) is 104 Å². The predicted molar refractivity (Wildman–Crippen MR) is 183 cm³/mol. The number of allylic oxidation sites excluding steroid dienone is 1. The summed E-state index contributed by atoms with van der Waals surface area (Å²) in [4.78, 5) is 36.4. The molecule has 19 heteroatoms. The first-order valence-corrected chi connectivity index (χ1v) is 17.3. The smallest absolute Gasteiger partial charge is 0.744 e. The van der Waals surface area contributed by atoms with Gasteiger partial charge in [0.25, 0.3) is 5.91 Å². The molecule has 4 aromatic carbocycles. The summed E-state index contributed by atoms with van der Waals surface area (Å²) >= 11 is 0. The Bertz CT molecular complexity index is 2420. The summed E-state index contributed by atoms with van der Waals surface area (Å²) in [6, 6.07) is 18.7. The second kappa shape index (κ2) is 17.3. The Balaban J connectivity index is 0.00000364. The number of ketones is 1. The average molecular weight is 761 g/mol. The van der Waals surface area contributed by atoms with Crippen LogP contribution in [0.2, 0.25) is 0 Å². The Morgan fingerprint density at radius 3 is 2.10 bits per heavy atom. The van der Waals surface area contributed by atoms with E-state index < -0.39 is 42.5 Å². The molecule has 1 aliphatic carbocycles. The zero-order valence-electron chi connectivity index (χ0n) is 28.4. The molecule has 15 nitrogen and oxygen atoms in total. The number of nitrogens with one attached hydrogen (secondary N) is 3. The van der Waals surface area contributed by atoms with E-state index >= 15 is 0 Å². The minimum absolute atomic E-state index is 0. The summed E-state index contributed by atoms with van der Waals surface area (Å²) in [6.45, 7) is 4.57. The molecule has 0 aromatic heterocycles. The molecule has 0 saturated carbocycles. The van der Waals surface area contributed by atoms with E-state index in [0.717, 1.165) is 12.1 Å². The fourth-order valence-corrected chi connectivity index (χ4v) is 6.02. The van der Waals surface area contributed by atoms with Crippen molar-refractivity contribution in [1.82, 2.24) is 0 Å². The minimum Gasteiger partial charge on any atom is -0.744 e. The molecule has 0 bridgehead atoms. The first-order valence-electron chi connectivity index (χ1n) is 14.5. The van der Waals surface area contributed by atoms with Gasteiger partial charge in [0.15, 0.2) is 0 Å². The molecule has 1 aliphatic rings. The zero-order chi connectivity index (χ0) is 36.4. The number of aryl methyl sites for hydroxylation is 2. The molecule has 2 amide bonds. The molecule has 0 radical (unpaired) electrons. The number of amides is 2. The van der Waals surface area contributed by atoms with Gasteiger partial charge in [-0.1, -0.05) is 6.07 Å². The molecule has 256 valence electrons. The average Bonchev–Trinajstić information content (AvgIpc) is 3.03. The van der Waals surface area contributed by atoms with Crippen molar-refractivity contribution in [2.24, 2.45) is 15.3 Å². The maximum absolute atomic E-state index is 13.4. The number of anilines is 3. The van der Waals surface area contributed by atoms with E-state index in [2.05, 4.69) is 31.4 Å². The summed E-state index contributed by atoms with van der Waals surface area (Å²) in [5.41, 5.74) is 4.96. The Morgan fingerprint density at radius 1 is 0.750 bits per heavy atom. The number of benzene rings is 4. The normalized spacial score (nSPS) is 13.4. The molecule has 4 aromatic rings. The Kier molecular flexibility index (Phi) is 14.1. The fraction of sp³-hybridized carbons (Fsp3) is 0.0909. The molecule has 0 fully saturated rings. The summed E-state index contributed by atoms with van der Waals surface area (Å²) in [6.07, 6.45) is 1.00. The van der Waals surface area contributed by atoms with E-state index in [1.54, 1.807) is 32.0 Å². The third-order valence-electron chi connectivity index (χ3n) is 7.23. The number of carbonyl (C=O) groups excluding carboxylic acids is 3. The number of Topliss-reactive ketones (excluding diaryl/α,β-unsaturated/α-hetero) is 1. The molecule has 0 saturated heterocycles. The van der Waals surface area contributed by atoms with Gasteiger partial charge in [-0.2, -0.15) is 15.3 Å². The summed E-state index contributed by atoms with van der Waals surface area (Å²) in [7, 11) is -9.81. The van der Waals surface area contributed by atoms with Gasteiger partial charge in [-0.3, -0.25) is 19.8 Å². The third-order valence-corrected chi connectivity index (χ3v) is 8.91. The van der Waals surface area contributed by atoms with Crippen molar-refractivity contribution in [2.45, 2.75) is 25.7 Å². The molecule has 0 spiro atoms. The number of rotatable bonds is 9. The van der Waals surface area contributed by atoms with Crippen LogP contribution in [-0.4, -0.2) is 49.3 Å². The predicted octanol–water partition coefficient (Wildman–Crippen LogP) is -0.608. The second-order valence-corrected chi connectivity index (χ2v) is 13.7. The Labute approximate surface area is 343 Å². The van der Waals surface area contributed by atoms with Crippen LogP contribution in [0.3, 0.4) is 0 Å². The van der Waals surface area contributed by atoms with Gasteiger partial charge in [-0.15, -0.1) is 0 Å². The van der Waals surface area contributed by atoms with Gasteiger partial charge in [-0.25, -0.2) is 16.8 Å². The molecule has 0 aliphatic heterocycles. The molecule has 0 unspecified atom stereocenters. The third kappa shape index (κ3) is 10.4. The number of hydrogen-bond donors (Lipinski definition) is 3. The standard InChI is InChI=1S/C33H28N6O9S2.2Na/c1-18-13-25(36-37-29-12-9-26(14-19(29)2)49(43,44)45)8-11-28(18)38-39-31-30(50(46,47)48)17-22-16-24(7-10-27(22)32(31)41)35-33(42)21-5-4-6-23(15-21)34-20(3)40;;/h4-17,38H,1-3H3,(H,34,40)(H,35,42)(H,43,44,45)(H,46,47,48);;/q;2*+1/p-2/b37-36?,39-31-;;. The number of hydrogen-bond acceptors (Lipinski definition) is 13. The van der Waals surface area contributed by atoms with Crippen molar-refractivity contribution in [3.63, 3.8) is 0 Å². The Morgan fingerprint density at radius 2 is 1.46 bits per heavy atom. The van der Waals surface area contributed by atoms with Gasteiger partial charge in [0.05, 0.1) is 26.9 Å². The summed E-state index contributed by atoms with van der Waals surface area (Å²) in [5, 5.41) is 17.4. The molecule has 52 heavy (non-hydrogen) atoms. The summed E-state index contributed by atoms with van der Waals surface area (Å²) < 4.78 is 70.5. The fourth-order valence-electron chi connectivity index (χ4n) is 4.82. The number of azo groups is 1. The van der Waals surface area contributed by atoms with Gasteiger partial charge >= 0.3 is 59.1 Å². The maximum Gasteiger partial charge on any atom is 1.00 e. The molecule has 5 rings (SSSR count). The SMILES string of the molecule is CC(=O)Nc1cccc(C(=O)Nc2ccc3c(c2)C=C(S(=O)(=O)[O-])/C(=N/Nc2ccc(N=Nc4ccc(S(=O)(=O)[O-])cc4C)cc2C)C3=O)c1.[Na+].[Na+]. The van der Waals surface area contributed by atoms with Crippen LogP contribution in [0.5, 0.6) is 0 Å². The molecule has 0 heterocycles. The van der Waals surface area contributed by atoms with Crippen LogP contribution in [0.4, 0.5) is 28.4 Å². The van der Waals surface area contributed by atoms with Crippen molar-refractivity contribution in [3.8, 4) is 0 Å². The van der Waals surface area contributed by atoms with Gasteiger partial charge in [0.2, 0.25) is 11.7 Å². The van der Waals surface area contributed by atoms with E-state index in [4.69, 9.17) is 0 Å². The number of hydrazone groups is 1. The van der Waals surface area contributed by atoms with Crippen LogP contribution >= 0.6 is 0 Å². The quantitative estimate of drug-likeness (QED) is 0.0847. The molecular weight excluding hydrogens is 735 g/mol. The topological polar surface area (TPSA) is 239 Å². The van der Waals surface area contributed by atoms with Gasteiger partial charge in [0.1, 0.15) is 25.9 Å². The van der Waals surface area contributed by atoms with E-state index in [1.807, 2.05) is 0 Å². The van der Waals surface area contributed by atoms with Crippen molar-refractivity contribution in [1.29, 1.82) is 0 Å². The Hall–Kier alpha value is -3.88. The van der Waals surface area contributed by atoms with Crippen molar-refractivity contribution in [3.05, 3.63) is 112 Å². The second-order valence-electron chi connectivity index (χ2n) is 11.0. The van der Waals surface area contributed by atoms with E-state index in [1.165, 1.54) is 61.5 Å². The van der Waals surface area contributed by atoms with Crippen LogP contribution in [0, 0.1) is 13.8 Å². The van der Waals surface area contributed by atoms with Crippen LogP contribution in [0.1, 0.15) is 44.3 Å². The van der Waals surface area contributed by atoms with Crippen LogP contribution in [-0.2, 0) is 25.0 Å². The molecule has 0 atom stereocenters. The molecular formula is C33H26N6Na2O9S2. The zero-order valence-corrected chi connectivity index (χ0v) is 34.0. The summed E-state index contributed by atoms with van der Waals surface area (Å²) in [5.74, 6) is -1.71. The monoisotopic (exact) mass is 760 g/mol. The van der Waals surface area contributed by atoms with Gasteiger partial charge < -0.3 is 19.7 Å². The largest absolute Gasteiger partial charge is 1.00 e. The first-order chi connectivity index (χ1) is 23.5. The maximum atomic E-state index is 13.4. The minimum atomic E-state index is -5.19. The van der Waals surface area contributed by atoms with Crippen molar-refractivity contribution >= 4 is 78.1 Å². The van der Waals surface area contributed by atoms with E-state index in [-0.39, 0.29) is 92.3 Å². The van der Waals surface area contributed by atoms with Gasteiger partial charge in [-0.05, 0) is 109 Å². The molecule has 3 N–H and O–H groups in total. The number of nitrogens with zero attached hydrogens (tertiary/aromatic N) is 3. The van der Waals surface area contributed by atoms with Crippen molar-refractivity contribution < 1.29 is 99.4 Å². The number of carbonyl (C=O) groups is 3.